The smallest absolute Gasteiger partial charge is 0.261 e. The quantitative estimate of drug-likeness (QED) is 0.387. The summed E-state index contributed by atoms with van der Waals surface area (Å²) in [4.78, 5) is 9.64. The van der Waals surface area contributed by atoms with Crippen LogP contribution >= 0.6 is 11.6 Å². The number of nitro benzene ring substituents is 1. The van der Waals surface area contributed by atoms with E-state index in [9.17, 15) is 31.7 Å². The van der Waals surface area contributed by atoms with Gasteiger partial charge >= 0.3 is 6.18 Å². The molecule has 0 fully saturated rings. The Labute approximate surface area is 157 Å². The standard InChI is InChI=1S/C16H12ClF3N2O4S/c1-2-8-21(15-9-11(16(18,19)20)6-7-14(15)17)27(25,26)13-5-3-4-12(10-13)22(23)24/h2-7,9-10H,1,8H2. The number of non-ortho nitro benzene ring substituents is 1. The van der Waals surface area contributed by atoms with Crippen LogP contribution in [0.4, 0.5) is 24.5 Å². The number of benzene rings is 2. The van der Waals surface area contributed by atoms with Crippen LogP contribution in [-0.2, 0) is 16.2 Å². The molecule has 0 amide bonds. The highest BCUT2D eigenvalue weighted by atomic mass is 35.5. The predicted molar refractivity (Wildman–Crippen MR) is 94.3 cm³/mol. The van der Waals surface area contributed by atoms with E-state index in [-0.39, 0.29) is 5.02 Å². The van der Waals surface area contributed by atoms with Crippen LogP contribution in [0, 0.1) is 10.1 Å². The minimum Gasteiger partial charge on any atom is -0.261 e. The van der Waals surface area contributed by atoms with Crippen molar-refractivity contribution in [2.45, 2.75) is 11.1 Å². The van der Waals surface area contributed by atoms with Crippen LogP contribution in [0.2, 0.25) is 5.02 Å². The van der Waals surface area contributed by atoms with Gasteiger partial charge < -0.3 is 0 Å². The molecule has 11 heteroatoms. The van der Waals surface area contributed by atoms with Crippen LogP contribution in [0.1, 0.15) is 5.56 Å². The summed E-state index contributed by atoms with van der Waals surface area (Å²) < 4.78 is 65.5. The summed E-state index contributed by atoms with van der Waals surface area (Å²) in [5.74, 6) is 0. The third-order valence-electron chi connectivity index (χ3n) is 3.45. The Morgan fingerprint density at radius 1 is 1.22 bits per heavy atom. The second kappa shape index (κ2) is 7.57. The van der Waals surface area contributed by atoms with Crippen LogP contribution in [0.15, 0.2) is 60.0 Å². The lowest BCUT2D eigenvalue weighted by atomic mass is 10.2. The van der Waals surface area contributed by atoms with Crippen LogP contribution in [0.5, 0.6) is 0 Å². The number of nitrogens with zero attached hydrogens (tertiary/aromatic N) is 2. The molecular weight excluding hydrogens is 409 g/mol. The van der Waals surface area contributed by atoms with Gasteiger partial charge in [0.1, 0.15) is 0 Å². The van der Waals surface area contributed by atoms with Gasteiger partial charge in [-0.3, -0.25) is 14.4 Å². The van der Waals surface area contributed by atoms with Gasteiger partial charge in [-0.05, 0) is 24.3 Å². The first kappa shape index (κ1) is 20.7. The average Bonchev–Trinajstić information content (AvgIpc) is 2.59. The lowest BCUT2D eigenvalue weighted by molar-refractivity contribution is -0.385. The number of halogens is 4. The zero-order valence-electron chi connectivity index (χ0n) is 13.5. The minimum atomic E-state index is -4.71. The van der Waals surface area contributed by atoms with Crippen LogP contribution in [-0.4, -0.2) is 19.9 Å². The third kappa shape index (κ3) is 4.40. The Morgan fingerprint density at radius 2 is 1.89 bits per heavy atom. The molecule has 0 aliphatic rings. The first-order chi connectivity index (χ1) is 12.5. The maximum atomic E-state index is 13.0. The normalized spacial score (nSPS) is 11.9. The van der Waals surface area contributed by atoms with E-state index in [0.29, 0.717) is 10.4 Å². The van der Waals surface area contributed by atoms with Crippen molar-refractivity contribution >= 4 is 33.0 Å². The summed E-state index contributed by atoms with van der Waals surface area (Å²) in [6.45, 7) is 3.00. The predicted octanol–water partition coefficient (Wildman–Crippen LogP) is 4.65. The fraction of sp³-hybridized carbons (Fsp3) is 0.125. The van der Waals surface area contributed by atoms with Gasteiger partial charge in [0.15, 0.2) is 0 Å². The van der Waals surface area contributed by atoms with Crippen LogP contribution in [0.25, 0.3) is 0 Å². The van der Waals surface area contributed by atoms with Gasteiger partial charge in [-0.1, -0.05) is 23.7 Å². The third-order valence-corrected chi connectivity index (χ3v) is 5.55. The molecule has 2 rings (SSSR count). The van der Waals surface area contributed by atoms with E-state index in [4.69, 9.17) is 11.6 Å². The molecule has 0 bridgehead atoms. The zero-order chi connectivity index (χ0) is 20.4. The molecule has 0 spiro atoms. The largest absolute Gasteiger partial charge is 0.416 e. The monoisotopic (exact) mass is 420 g/mol. The summed E-state index contributed by atoms with van der Waals surface area (Å²) in [7, 11) is -4.45. The molecule has 2 aromatic carbocycles. The minimum absolute atomic E-state index is 0.237. The summed E-state index contributed by atoms with van der Waals surface area (Å²) in [6, 6.07) is 6.41. The number of hydrogen-bond acceptors (Lipinski definition) is 4. The van der Waals surface area contributed by atoms with Crippen molar-refractivity contribution in [3.05, 3.63) is 75.8 Å². The van der Waals surface area contributed by atoms with E-state index in [1.807, 2.05) is 0 Å². The van der Waals surface area contributed by atoms with Gasteiger partial charge in [0.2, 0.25) is 0 Å². The fourth-order valence-electron chi connectivity index (χ4n) is 2.21. The highest BCUT2D eigenvalue weighted by molar-refractivity contribution is 7.92. The van der Waals surface area contributed by atoms with Crippen molar-refractivity contribution in [1.82, 2.24) is 0 Å². The summed E-state index contributed by atoms with van der Waals surface area (Å²) in [5, 5.41) is 10.7. The van der Waals surface area contributed by atoms with Crippen LogP contribution < -0.4 is 4.31 Å². The van der Waals surface area contributed by atoms with Crippen molar-refractivity contribution in [3.63, 3.8) is 0 Å². The molecule has 27 heavy (non-hydrogen) atoms. The van der Waals surface area contributed by atoms with Gasteiger partial charge in [0, 0.05) is 12.1 Å². The van der Waals surface area contributed by atoms with Gasteiger partial charge in [-0.15, -0.1) is 6.58 Å². The molecule has 144 valence electrons. The molecular formula is C16H12ClF3N2O4S. The summed E-state index contributed by atoms with van der Waals surface area (Å²) in [6.07, 6.45) is -3.56. The molecule has 0 aliphatic heterocycles. The second-order valence-electron chi connectivity index (χ2n) is 5.24. The highest BCUT2D eigenvalue weighted by Crippen LogP contribution is 2.37. The molecule has 0 aromatic heterocycles. The number of rotatable bonds is 6. The molecule has 0 atom stereocenters. The van der Waals surface area contributed by atoms with E-state index < -0.39 is 49.5 Å². The van der Waals surface area contributed by atoms with Gasteiger partial charge in [-0.25, -0.2) is 8.42 Å². The molecule has 0 saturated carbocycles. The molecule has 0 saturated heterocycles. The van der Waals surface area contributed by atoms with E-state index in [1.165, 1.54) is 0 Å². The Hall–Kier alpha value is -2.59. The lowest BCUT2D eigenvalue weighted by Crippen LogP contribution is -2.31. The van der Waals surface area contributed by atoms with Gasteiger partial charge in [0.25, 0.3) is 15.7 Å². The average molecular weight is 421 g/mol. The van der Waals surface area contributed by atoms with Gasteiger partial charge in [-0.2, -0.15) is 13.2 Å². The SMILES string of the molecule is C=CCN(c1cc(C(F)(F)F)ccc1Cl)S(=O)(=O)c1cccc([N+](=O)[O-])c1. The summed E-state index contributed by atoms with van der Waals surface area (Å²) >= 11 is 5.94. The highest BCUT2D eigenvalue weighted by Gasteiger charge is 2.33. The molecule has 6 nitrogen and oxygen atoms in total. The number of sulfonamides is 1. The van der Waals surface area contributed by atoms with E-state index in [0.717, 1.165) is 42.5 Å². The molecule has 2 aromatic rings. The lowest BCUT2D eigenvalue weighted by Gasteiger charge is -2.25. The van der Waals surface area contributed by atoms with Crippen molar-refractivity contribution in [3.8, 4) is 0 Å². The fourth-order valence-corrected chi connectivity index (χ4v) is 3.96. The number of alkyl halides is 3. The van der Waals surface area contributed by atoms with Crippen LogP contribution in [0.3, 0.4) is 0 Å². The maximum absolute atomic E-state index is 13.0. The Kier molecular flexibility index (Phi) is 5.81. The molecule has 0 unspecified atom stereocenters. The number of anilines is 1. The topological polar surface area (TPSA) is 80.5 Å². The first-order valence-electron chi connectivity index (χ1n) is 7.23. The van der Waals surface area contributed by atoms with Crippen molar-refractivity contribution in [1.29, 1.82) is 0 Å². The Morgan fingerprint density at radius 3 is 2.44 bits per heavy atom. The maximum Gasteiger partial charge on any atom is 0.416 e. The summed E-state index contributed by atoms with van der Waals surface area (Å²) in [5.41, 5.74) is -1.99. The van der Waals surface area contributed by atoms with E-state index >= 15 is 0 Å². The molecule has 0 N–H and O–H groups in total. The Bertz CT molecular complexity index is 993. The van der Waals surface area contributed by atoms with E-state index in [1.54, 1.807) is 0 Å². The van der Waals surface area contributed by atoms with E-state index in [2.05, 4.69) is 6.58 Å². The number of nitro groups is 1. The van der Waals surface area contributed by atoms with Crippen molar-refractivity contribution in [2.24, 2.45) is 0 Å². The van der Waals surface area contributed by atoms with Gasteiger partial charge in [0.05, 0.1) is 32.6 Å². The second-order valence-corrected chi connectivity index (χ2v) is 7.51. The van der Waals surface area contributed by atoms with Crippen molar-refractivity contribution in [2.75, 3.05) is 10.8 Å². The first-order valence-corrected chi connectivity index (χ1v) is 9.05. The Balaban J connectivity index is 2.65. The number of hydrogen-bond donors (Lipinski definition) is 0. The van der Waals surface area contributed by atoms with Crippen molar-refractivity contribution < 1.29 is 26.5 Å². The molecule has 0 heterocycles. The molecule has 0 aliphatic carbocycles. The molecule has 0 radical (unpaired) electrons. The zero-order valence-corrected chi connectivity index (χ0v) is 15.1.